The van der Waals surface area contributed by atoms with Crippen LogP contribution in [0.25, 0.3) is 17.1 Å². The molecule has 106 valence electrons. The molecule has 3 rings (SSSR count). The van der Waals surface area contributed by atoms with Gasteiger partial charge in [-0.25, -0.2) is 4.39 Å². The lowest BCUT2D eigenvalue weighted by atomic mass is 10.1. The van der Waals surface area contributed by atoms with Crippen LogP contribution in [0.3, 0.4) is 0 Å². The second-order valence-corrected chi connectivity index (χ2v) is 4.86. The number of nitrogen functional groups attached to an aromatic ring is 1. The van der Waals surface area contributed by atoms with Gasteiger partial charge in [-0.05, 0) is 59.7 Å². The smallest absolute Gasteiger partial charge is 0.187 e. The summed E-state index contributed by atoms with van der Waals surface area (Å²) in [5.74, 6) is 0.292. The average Bonchev–Trinajstić information content (AvgIpc) is 2.91. The van der Waals surface area contributed by atoms with Gasteiger partial charge in [0, 0.05) is 11.3 Å². The topological polar surface area (TPSA) is 69.6 Å². The first kappa shape index (κ1) is 13.2. The number of halogens is 1. The van der Waals surface area contributed by atoms with Crippen LogP contribution >= 0.6 is 0 Å². The molecule has 0 saturated heterocycles. The molecule has 0 fully saturated rings. The van der Waals surface area contributed by atoms with Crippen molar-refractivity contribution in [1.82, 2.24) is 20.2 Å². The van der Waals surface area contributed by atoms with E-state index < -0.39 is 0 Å². The van der Waals surface area contributed by atoms with E-state index in [0.29, 0.717) is 11.5 Å². The Balaban J connectivity index is 2.20. The molecule has 0 aliphatic carbocycles. The van der Waals surface area contributed by atoms with Crippen molar-refractivity contribution in [2.24, 2.45) is 0 Å². The zero-order chi connectivity index (χ0) is 15.0. The minimum absolute atomic E-state index is 0.286. The van der Waals surface area contributed by atoms with Gasteiger partial charge in [0.05, 0.1) is 5.69 Å². The van der Waals surface area contributed by atoms with E-state index >= 15 is 0 Å². The fourth-order valence-electron chi connectivity index (χ4n) is 2.27. The summed E-state index contributed by atoms with van der Waals surface area (Å²) in [6.45, 7) is 3.73. The number of rotatable bonds is 2. The maximum absolute atomic E-state index is 13.3. The summed E-state index contributed by atoms with van der Waals surface area (Å²) < 4.78 is 14.8. The highest BCUT2D eigenvalue weighted by atomic mass is 19.1. The molecule has 0 unspecified atom stereocenters. The Bertz CT molecular complexity index is 810. The van der Waals surface area contributed by atoms with Crippen molar-refractivity contribution in [1.29, 1.82) is 0 Å². The number of aromatic nitrogens is 4. The van der Waals surface area contributed by atoms with Crippen molar-refractivity contribution in [2.45, 2.75) is 13.8 Å². The van der Waals surface area contributed by atoms with Gasteiger partial charge < -0.3 is 5.73 Å². The Morgan fingerprint density at radius 2 is 1.95 bits per heavy atom. The van der Waals surface area contributed by atoms with E-state index in [1.165, 1.54) is 12.1 Å². The summed E-state index contributed by atoms with van der Waals surface area (Å²) >= 11 is 0. The number of hydrogen-bond donors (Lipinski definition) is 1. The fraction of sp³-hybridized carbons (Fsp3) is 0.133. The Kier molecular flexibility index (Phi) is 3.13. The van der Waals surface area contributed by atoms with Crippen molar-refractivity contribution >= 4 is 5.69 Å². The summed E-state index contributed by atoms with van der Waals surface area (Å²) in [7, 11) is 0. The number of tetrazole rings is 1. The van der Waals surface area contributed by atoms with Crippen molar-refractivity contribution in [3.63, 3.8) is 0 Å². The van der Waals surface area contributed by atoms with Gasteiger partial charge in [-0.3, -0.25) is 0 Å². The van der Waals surface area contributed by atoms with Gasteiger partial charge in [0.1, 0.15) is 5.82 Å². The van der Waals surface area contributed by atoms with Gasteiger partial charge in [-0.15, -0.1) is 5.10 Å². The SMILES string of the molecule is Cc1cc(F)ccc1-n1nnnc1-c1cccc(N)c1C. The molecule has 0 radical (unpaired) electrons. The highest BCUT2D eigenvalue weighted by Crippen LogP contribution is 2.27. The van der Waals surface area contributed by atoms with Crippen LogP contribution in [0, 0.1) is 19.7 Å². The third kappa shape index (κ3) is 2.24. The standard InChI is InChI=1S/C15H14FN5/c1-9-8-11(16)6-7-14(9)21-15(18-19-20-21)12-4-3-5-13(17)10(12)2/h3-8H,17H2,1-2H3. The molecule has 21 heavy (non-hydrogen) atoms. The monoisotopic (exact) mass is 283 g/mol. The summed E-state index contributed by atoms with van der Waals surface area (Å²) in [6.07, 6.45) is 0. The van der Waals surface area contributed by atoms with Crippen LogP contribution in [0.15, 0.2) is 36.4 Å². The van der Waals surface area contributed by atoms with Crippen LogP contribution in [0.2, 0.25) is 0 Å². The number of nitrogens with two attached hydrogens (primary N) is 1. The molecule has 0 aliphatic rings. The predicted molar refractivity (Wildman–Crippen MR) is 78.4 cm³/mol. The minimum atomic E-state index is -0.286. The van der Waals surface area contributed by atoms with Crippen molar-refractivity contribution in [3.05, 3.63) is 53.3 Å². The summed E-state index contributed by atoms with van der Waals surface area (Å²) in [4.78, 5) is 0. The van der Waals surface area contributed by atoms with Crippen molar-refractivity contribution in [3.8, 4) is 17.1 Å². The van der Waals surface area contributed by atoms with Crippen LogP contribution in [-0.2, 0) is 0 Å². The first-order valence-corrected chi connectivity index (χ1v) is 6.48. The van der Waals surface area contributed by atoms with Crippen molar-refractivity contribution < 1.29 is 4.39 Å². The molecule has 5 nitrogen and oxygen atoms in total. The molecule has 1 aromatic heterocycles. The third-order valence-electron chi connectivity index (χ3n) is 3.47. The minimum Gasteiger partial charge on any atom is -0.398 e. The van der Waals surface area contributed by atoms with E-state index in [9.17, 15) is 4.39 Å². The molecule has 0 atom stereocenters. The van der Waals surface area contributed by atoms with Gasteiger partial charge in [0.25, 0.3) is 0 Å². The normalized spacial score (nSPS) is 10.8. The van der Waals surface area contributed by atoms with E-state index in [0.717, 1.165) is 22.4 Å². The molecule has 3 aromatic rings. The first-order chi connectivity index (χ1) is 10.1. The first-order valence-electron chi connectivity index (χ1n) is 6.48. The van der Waals surface area contributed by atoms with E-state index in [1.54, 1.807) is 10.7 Å². The zero-order valence-electron chi connectivity index (χ0n) is 11.7. The molecule has 0 saturated carbocycles. The number of hydrogen-bond acceptors (Lipinski definition) is 4. The van der Waals surface area contributed by atoms with Gasteiger partial charge in [0.15, 0.2) is 5.82 Å². The van der Waals surface area contributed by atoms with Gasteiger partial charge in [0.2, 0.25) is 0 Å². The van der Waals surface area contributed by atoms with Crippen molar-refractivity contribution in [2.75, 3.05) is 5.73 Å². The molecule has 0 amide bonds. The molecule has 0 bridgehead atoms. The molecular weight excluding hydrogens is 269 g/mol. The second kappa shape index (κ2) is 4.97. The maximum Gasteiger partial charge on any atom is 0.187 e. The van der Waals surface area contributed by atoms with E-state index in [1.807, 2.05) is 32.0 Å². The van der Waals surface area contributed by atoms with Gasteiger partial charge >= 0.3 is 0 Å². The molecule has 2 N–H and O–H groups in total. The Hall–Kier alpha value is -2.76. The number of aryl methyl sites for hydroxylation is 1. The van der Waals surface area contributed by atoms with E-state index in [4.69, 9.17) is 5.73 Å². The summed E-state index contributed by atoms with van der Waals surface area (Å²) in [5, 5.41) is 11.8. The van der Waals surface area contributed by atoms with Gasteiger partial charge in [-0.2, -0.15) is 4.68 Å². The molecule has 1 heterocycles. The van der Waals surface area contributed by atoms with Crippen LogP contribution in [-0.4, -0.2) is 20.2 Å². The van der Waals surface area contributed by atoms with E-state index in [2.05, 4.69) is 15.5 Å². The van der Waals surface area contributed by atoms with Crippen LogP contribution in [0.1, 0.15) is 11.1 Å². The molecular formula is C15H14FN5. The number of nitrogens with zero attached hydrogens (tertiary/aromatic N) is 4. The summed E-state index contributed by atoms with van der Waals surface area (Å²) in [5.41, 5.74) is 9.87. The Labute approximate surface area is 121 Å². The van der Waals surface area contributed by atoms with Crippen LogP contribution in [0.4, 0.5) is 10.1 Å². The highest BCUT2D eigenvalue weighted by Gasteiger charge is 2.15. The summed E-state index contributed by atoms with van der Waals surface area (Å²) in [6, 6.07) is 10.1. The maximum atomic E-state index is 13.3. The lowest BCUT2D eigenvalue weighted by molar-refractivity contribution is 0.625. The quantitative estimate of drug-likeness (QED) is 0.734. The Morgan fingerprint density at radius 3 is 2.71 bits per heavy atom. The molecule has 0 spiro atoms. The lowest BCUT2D eigenvalue weighted by Crippen LogP contribution is -2.04. The molecule has 6 heteroatoms. The highest BCUT2D eigenvalue weighted by molar-refractivity contribution is 5.69. The predicted octanol–water partition coefficient (Wildman–Crippen LogP) is 2.67. The van der Waals surface area contributed by atoms with Gasteiger partial charge in [-0.1, -0.05) is 12.1 Å². The van der Waals surface area contributed by atoms with Crippen LogP contribution < -0.4 is 5.73 Å². The average molecular weight is 283 g/mol. The fourth-order valence-corrected chi connectivity index (χ4v) is 2.27. The number of benzene rings is 2. The largest absolute Gasteiger partial charge is 0.398 e. The number of anilines is 1. The van der Waals surface area contributed by atoms with E-state index in [-0.39, 0.29) is 5.82 Å². The third-order valence-corrected chi connectivity index (χ3v) is 3.47. The molecule has 2 aromatic carbocycles. The Morgan fingerprint density at radius 1 is 1.14 bits per heavy atom. The lowest BCUT2D eigenvalue weighted by Gasteiger charge is -2.10. The zero-order valence-corrected chi connectivity index (χ0v) is 11.7. The molecule has 0 aliphatic heterocycles. The second-order valence-electron chi connectivity index (χ2n) is 4.86. The van der Waals surface area contributed by atoms with Crippen LogP contribution in [0.5, 0.6) is 0 Å².